The molecule has 0 spiro atoms. The van der Waals surface area contributed by atoms with E-state index in [1.54, 1.807) is 6.20 Å². The zero-order valence-electron chi connectivity index (χ0n) is 5.20. The molecule has 1 aromatic heterocycles. The Balaban J connectivity index is 2.89. The molecular formula is C8H4N2. The van der Waals surface area contributed by atoms with E-state index in [4.69, 9.17) is 0 Å². The normalized spacial score (nSPS) is 10.0. The summed E-state index contributed by atoms with van der Waals surface area (Å²) in [7, 11) is 0. The van der Waals surface area contributed by atoms with Crippen LogP contribution in [-0.2, 0) is 0 Å². The molecule has 0 saturated carbocycles. The minimum atomic E-state index is 0.838. The average molecular weight is 128 g/mol. The van der Waals surface area contributed by atoms with E-state index >= 15 is 0 Å². The third-order valence-electron chi connectivity index (χ3n) is 1.27. The van der Waals surface area contributed by atoms with Crippen LogP contribution in [0.5, 0.6) is 0 Å². The van der Waals surface area contributed by atoms with Gasteiger partial charge in [-0.15, -0.1) is 0 Å². The van der Waals surface area contributed by atoms with Crippen molar-refractivity contribution in [3.63, 3.8) is 0 Å². The first-order valence-corrected chi connectivity index (χ1v) is 2.96. The van der Waals surface area contributed by atoms with Gasteiger partial charge < -0.3 is 0 Å². The molecule has 10 heavy (non-hydrogen) atoms. The molecule has 0 unspecified atom stereocenters. The average Bonchev–Trinajstić information content (AvgIpc) is 2.05. The molecule has 2 radical (unpaired) electrons. The van der Waals surface area contributed by atoms with Gasteiger partial charge >= 0.3 is 0 Å². The molecule has 0 aliphatic rings. The van der Waals surface area contributed by atoms with E-state index in [-0.39, 0.29) is 0 Å². The highest BCUT2D eigenvalue weighted by Gasteiger charge is 1.89. The monoisotopic (exact) mass is 128 g/mol. The van der Waals surface area contributed by atoms with E-state index in [0.717, 1.165) is 10.9 Å². The van der Waals surface area contributed by atoms with Gasteiger partial charge in [0.05, 0.1) is 11.7 Å². The van der Waals surface area contributed by atoms with Crippen LogP contribution >= 0.6 is 0 Å². The van der Waals surface area contributed by atoms with Crippen molar-refractivity contribution in [1.29, 1.82) is 0 Å². The van der Waals surface area contributed by atoms with Gasteiger partial charge in [0.15, 0.2) is 0 Å². The molecule has 2 rings (SSSR count). The number of nitrogens with zero attached hydrogens (tertiary/aromatic N) is 2. The van der Waals surface area contributed by atoms with Gasteiger partial charge in [-0.3, -0.25) is 0 Å². The van der Waals surface area contributed by atoms with Gasteiger partial charge in [-0.2, -0.15) is 10.2 Å². The Labute approximate surface area is 58.5 Å². The summed E-state index contributed by atoms with van der Waals surface area (Å²) in [6.07, 6.45) is 1.54. The molecule has 0 N–H and O–H groups in total. The number of hydrogen-bond acceptors (Lipinski definition) is 2. The molecule has 0 aliphatic carbocycles. The second-order valence-electron chi connectivity index (χ2n) is 1.92. The van der Waals surface area contributed by atoms with Gasteiger partial charge in [0.2, 0.25) is 0 Å². The molecule has 46 valence electrons. The summed E-state index contributed by atoms with van der Waals surface area (Å²) < 4.78 is 0. The lowest BCUT2D eigenvalue weighted by atomic mass is 10.2. The fraction of sp³-hybridized carbons (Fsp3) is 0. The Morgan fingerprint density at radius 2 is 2.30 bits per heavy atom. The molecule has 2 heteroatoms. The molecule has 1 aromatic carbocycles. The van der Waals surface area contributed by atoms with Crippen LogP contribution in [0.4, 0.5) is 0 Å². The molecule has 0 aliphatic heterocycles. The fourth-order valence-electron chi connectivity index (χ4n) is 0.811. The Hall–Kier alpha value is -1.44. The minimum absolute atomic E-state index is 0.838. The lowest BCUT2D eigenvalue weighted by Gasteiger charge is -1.89. The quantitative estimate of drug-likeness (QED) is 0.533. The summed E-state index contributed by atoms with van der Waals surface area (Å²) in [4.78, 5) is 0. The molecule has 0 bridgehead atoms. The largest absolute Gasteiger partial charge is 0.158 e. The van der Waals surface area contributed by atoms with Crippen LogP contribution in [-0.4, -0.2) is 10.2 Å². The maximum atomic E-state index is 3.87. The van der Waals surface area contributed by atoms with E-state index in [1.807, 2.05) is 18.2 Å². The summed E-state index contributed by atoms with van der Waals surface area (Å²) in [5.41, 5.74) is 0.838. The van der Waals surface area contributed by atoms with Crippen LogP contribution in [0.25, 0.3) is 10.9 Å². The number of aromatic nitrogens is 2. The topological polar surface area (TPSA) is 25.8 Å². The van der Waals surface area contributed by atoms with Gasteiger partial charge in [-0.05, 0) is 12.1 Å². The number of rotatable bonds is 0. The van der Waals surface area contributed by atoms with Crippen molar-refractivity contribution in [2.24, 2.45) is 0 Å². The predicted molar refractivity (Wildman–Crippen MR) is 37.2 cm³/mol. The molecule has 0 saturated heterocycles. The summed E-state index contributed by atoms with van der Waals surface area (Å²) in [6, 6.07) is 11.5. The second-order valence-corrected chi connectivity index (χ2v) is 1.92. The lowest BCUT2D eigenvalue weighted by molar-refractivity contribution is 1.07. The van der Waals surface area contributed by atoms with Gasteiger partial charge in [0.1, 0.15) is 0 Å². The van der Waals surface area contributed by atoms with E-state index < -0.39 is 0 Å². The molecular weight excluding hydrogens is 124 g/mol. The fourth-order valence-corrected chi connectivity index (χ4v) is 0.811. The van der Waals surface area contributed by atoms with Crippen molar-refractivity contribution >= 4 is 10.9 Å². The third-order valence-corrected chi connectivity index (χ3v) is 1.27. The van der Waals surface area contributed by atoms with Crippen molar-refractivity contribution in [1.82, 2.24) is 10.2 Å². The zero-order valence-corrected chi connectivity index (χ0v) is 5.20. The first kappa shape index (κ1) is 5.35. The minimum Gasteiger partial charge on any atom is -0.158 e. The third kappa shape index (κ3) is 0.739. The summed E-state index contributed by atoms with van der Waals surface area (Å²) in [6.45, 7) is 0. The Morgan fingerprint density at radius 1 is 1.30 bits per heavy atom. The van der Waals surface area contributed by atoms with Crippen LogP contribution < -0.4 is 0 Å². The maximum Gasteiger partial charge on any atom is 0.0942 e. The first-order chi connectivity index (χ1) is 4.97. The predicted octanol–water partition coefficient (Wildman–Crippen LogP) is 1.23. The number of benzene rings is 1. The van der Waals surface area contributed by atoms with Gasteiger partial charge in [0.25, 0.3) is 0 Å². The lowest BCUT2D eigenvalue weighted by Crippen LogP contribution is -1.80. The molecule has 2 nitrogen and oxygen atoms in total. The highest BCUT2D eigenvalue weighted by molar-refractivity contribution is 5.75. The molecule has 1 heterocycles. The van der Waals surface area contributed by atoms with Gasteiger partial charge in [-0.25, -0.2) is 0 Å². The first-order valence-electron chi connectivity index (χ1n) is 2.96. The maximum absolute atomic E-state index is 3.87. The van der Waals surface area contributed by atoms with Crippen LogP contribution in [0.3, 0.4) is 0 Å². The highest BCUT2D eigenvalue weighted by Crippen LogP contribution is 2.05. The molecule has 0 amide bonds. The second kappa shape index (κ2) is 2.06. The number of hydrogen-bond donors (Lipinski definition) is 0. The van der Waals surface area contributed by atoms with E-state index in [0.29, 0.717) is 0 Å². The van der Waals surface area contributed by atoms with Crippen molar-refractivity contribution in [2.45, 2.75) is 0 Å². The SMILES string of the molecule is [c]1cccc2nnc[c]c12. The Morgan fingerprint density at radius 3 is 3.20 bits per heavy atom. The van der Waals surface area contributed by atoms with E-state index in [1.165, 1.54) is 0 Å². The molecule has 0 atom stereocenters. The number of fused-ring (bicyclic) bond motifs is 1. The van der Waals surface area contributed by atoms with Crippen LogP contribution in [0.2, 0.25) is 0 Å². The summed E-state index contributed by atoms with van der Waals surface area (Å²) in [5, 5.41) is 8.44. The zero-order chi connectivity index (χ0) is 6.81. The van der Waals surface area contributed by atoms with Crippen molar-refractivity contribution in [3.8, 4) is 0 Å². The Bertz CT molecular complexity index is 278. The van der Waals surface area contributed by atoms with Crippen LogP contribution in [0.1, 0.15) is 0 Å². The van der Waals surface area contributed by atoms with Crippen LogP contribution in [0.15, 0.2) is 24.4 Å². The summed E-state index contributed by atoms with van der Waals surface area (Å²) >= 11 is 0. The van der Waals surface area contributed by atoms with Gasteiger partial charge in [0, 0.05) is 11.5 Å². The standard InChI is InChI=1S/C8H4N2/c1-2-4-8-7(3-1)5-6-9-10-8/h1-2,4,6H. The van der Waals surface area contributed by atoms with Gasteiger partial charge in [-0.1, -0.05) is 12.1 Å². The smallest absolute Gasteiger partial charge is 0.0942 e. The van der Waals surface area contributed by atoms with Crippen molar-refractivity contribution < 1.29 is 0 Å². The van der Waals surface area contributed by atoms with E-state index in [2.05, 4.69) is 22.3 Å². The molecule has 0 fully saturated rings. The highest BCUT2D eigenvalue weighted by atomic mass is 15.1. The molecule has 2 aromatic rings. The van der Waals surface area contributed by atoms with E-state index in [9.17, 15) is 0 Å². The van der Waals surface area contributed by atoms with Crippen molar-refractivity contribution in [3.05, 3.63) is 36.5 Å². The van der Waals surface area contributed by atoms with Crippen LogP contribution in [0, 0.1) is 12.1 Å². The summed E-state index contributed by atoms with van der Waals surface area (Å²) in [5.74, 6) is 0. The van der Waals surface area contributed by atoms with Crippen molar-refractivity contribution in [2.75, 3.05) is 0 Å². The Kier molecular flexibility index (Phi) is 1.10.